The minimum absolute atomic E-state index is 0.0715. The van der Waals surface area contributed by atoms with Crippen molar-refractivity contribution in [2.75, 3.05) is 19.8 Å². The fraction of sp³-hybridized carbons (Fsp3) is 0.833. The zero-order chi connectivity index (χ0) is 11.4. The van der Waals surface area contributed by atoms with Crippen molar-refractivity contribution in [3.8, 4) is 0 Å². The van der Waals surface area contributed by atoms with Gasteiger partial charge in [0.05, 0.1) is 19.3 Å². The first kappa shape index (κ1) is 12.0. The lowest BCUT2D eigenvalue weighted by Gasteiger charge is -2.32. The number of hydrogen-bond donors (Lipinski definition) is 2. The number of ether oxygens (including phenoxy) is 2. The van der Waals surface area contributed by atoms with Gasteiger partial charge in [-0.25, -0.2) is 0 Å². The Morgan fingerprint density at radius 2 is 2.00 bits per heavy atom. The second kappa shape index (κ2) is 5.77. The largest absolute Gasteiger partial charge is 0.396 e. The molecule has 4 nitrogen and oxygen atoms in total. The highest BCUT2D eigenvalue weighted by Crippen LogP contribution is 2.30. The third-order valence-corrected chi connectivity index (χ3v) is 3.36. The van der Waals surface area contributed by atoms with E-state index < -0.39 is 0 Å². The standard InChI is InChI=1S/C12H20O4/c13-8-9-4-5-10(9)11(14)2-1-3-12-15-6-7-16-12/h4-5,9-14H,1-3,6-8H2/t9-,10-,11+/m1/s1. The van der Waals surface area contributed by atoms with E-state index in [0.717, 1.165) is 19.3 Å². The fourth-order valence-electron chi connectivity index (χ4n) is 2.25. The molecule has 0 radical (unpaired) electrons. The molecule has 3 atom stereocenters. The van der Waals surface area contributed by atoms with Crippen LogP contribution in [0, 0.1) is 11.8 Å². The molecule has 0 unspecified atom stereocenters. The molecule has 0 bridgehead atoms. The van der Waals surface area contributed by atoms with E-state index in [4.69, 9.17) is 14.6 Å². The van der Waals surface area contributed by atoms with Crippen LogP contribution in [-0.2, 0) is 9.47 Å². The van der Waals surface area contributed by atoms with Crippen LogP contribution in [0.3, 0.4) is 0 Å². The molecule has 0 saturated carbocycles. The Labute approximate surface area is 95.9 Å². The summed E-state index contributed by atoms with van der Waals surface area (Å²) in [7, 11) is 0. The van der Waals surface area contributed by atoms with Gasteiger partial charge in [0.25, 0.3) is 0 Å². The highest BCUT2D eigenvalue weighted by Gasteiger charge is 2.29. The zero-order valence-corrected chi connectivity index (χ0v) is 9.42. The molecule has 4 heteroatoms. The van der Waals surface area contributed by atoms with E-state index in [2.05, 4.69) is 0 Å². The molecule has 16 heavy (non-hydrogen) atoms. The van der Waals surface area contributed by atoms with Crippen LogP contribution in [0.2, 0.25) is 0 Å². The molecule has 1 heterocycles. The summed E-state index contributed by atoms with van der Waals surface area (Å²) in [6.45, 7) is 1.50. The molecule has 2 aliphatic rings. The van der Waals surface area contributed by atoms with Crippen LogP contribution in [0.15, 0.2) is 12.2 Å². The normalized spacial score (nSPS) is 31.6. The highest BCUT2D eigenvalue weighted by molar-refractivity contribution is 5.11. The summed E-state index contributed by atoms with van der Waals surface area (Å²) in [5, 5.41) is 18.9. The maximum atomic E-state index is 9.90. The monoisotopic (exact) mass is 228 g/mol. The van der Waals surface area contributed by atoms with E-state index in [0.29, 0.717) is 13.2 Å². The maximum absolute atomic E-state index is 9.90. The van der Waals surface area contributed by atoms with Gasteiger partial charge in [0, 0.05) is 18.4 Å². The molecule has 2 rings (SSSR count). The third-order valence-electron chi connectivity index (χ3n) is 3.36. The zero-order valence-electron chi connectivity index (χ0n) is 9.42. The van der Waals surface area contributed by atoms with Gasteiger partial charge in [0.1, 0.15) is 0 Å². The highest BCUT2D eigenvalue weighted by atomic mass is 16.7. The molecule has 92 valence electrons. The average Bonchev–Trinajstić information content (AvgIpc) is 2.69. The Morgan fingerprint density at radius 3 is 2.56 bits per heavy atom. The van der Waals surface area contributed by atoms with E-state index in [-0.39, 0.29) is 30.8 Å². The number of aliphatic hydroxyl groups excluding tert-OH is 2. The second-order valence-corrected chi connectivity index (χ2v) is 4.48. The quantitative estimate of drug-likeness (QED) is 0.657. The van der Waals surface area contributed by atoms with Gasteiger partial charge in [0.15, 0.2) is 6.29 Å². The lowest BCUT2D eigenvalue weighted by molar-refractivity contribution is -0.0505. The SMILES string of the molecule is OC[C@H]1C=C[C@H]1[C@@H](O)CCCC1OCCO1. The molecule has 0 amide bonds. The summed E-state index contributed by atoms with van der Waals surface area (Å²) in [5.41, 5.74) is 0. The van der Waals surface area contributed by atoms with Gasteiger partial charge in [-0.2, -0.15) is 0 Å². The van der Waals surface area contributed by atoms with Crippen LogP contribution in [0.1, 0.15) is 19.3 Å². The van der Waals surface area contributed by atoms with Crippen molar-refractivity contribution in [1.29, 1.82) is 0 Å². The van der Waals surface area contributed by atoms with Crippen molar-refractivity contribution < 1.29 is 19.7 Å². The van der Waals surface area contributed by atoms with Crippen LogP contribution in [0.4, 0.5) is 0 Å². The molecule has 0 aromatic carbocycles. The van der Waals surface area contributed by atoms with Crippen LogP contribution >= 0.6 is 0 Å². The van der Waals surface area contributed by atoms with Gasteiger partial charge >= 0.3 is 0 Å². The van der Waals surface area contributed by atoms with Gasteiger partial charge in [-0.05, 0) is 19.3 Å². The van der Waals surface area contributed by atoms with Crippen molar-refractivity contribution in [1.82, 2.24) is 0 Å². The third kappa shape index (κ3) is 2.83. The van der Waals surface area contributed by atoms with E-state index in [1.807, 2.05) is 12.2 Å². The summed E-state index contributed by atoms with van der Waals surface area (Å²) in [4.78, 5) is 0. The first-order chi connectivity index (χ1) is 7.81. The summed E-state index contributed by atoms with van der Waals surface area (Å²) in [6.07, 6.45) is 6.01. The Balaban J connectivity index is 1.60. The van der Waals surface area contributed by atoms with Gasteiger partial charge in [0.2, 0.25) is 0 Å². The molecule has 0 spiro atoms. The summed E-state index contributed by atoms with van der Waals surface area (Å²) >= 11 is 0. The van der Waals surface area contributed by atoms with Crippen molar-refractivity contribution in [3.05, 3.63) is 12.2 Å². The van der Waals surface area contributed by atoms with Crippen LogP contribution in [0.5, 0.6) is 0 Å². The number of hydrogen-bond acceptors (Lipinski definition) is 4. The summed E-state index contributed by atoms with van der Waals surface area (Å²) < 4.78 is 10.6. The number of aliphatic hydroxyl groups is 2. The Hall–Kier alpha value is -0.420. The van der Waals surface area contributed by atoms with Crippen LogP contribution in [-0.4, -0.2) is 42.4 Å². The number of rotatable bonds is 6. The van der Waals surface area contributed by atoms with E-state index in [1.165, 1.54) is 0 Å². The first-order valence-electron chi connectivity index (χ1n) is 6.01. The second-order valence-electron chi connectivity index (χ2n) is 4.48. The first-order valence-corrected chi connectivity index (χ1v) is 6.01. The van der Waals surface area contributed by atoms with E-state index in [1.54, 1.807) is 0 Å². The Bertz CT molecular complexity index is 235. The average molecular weight is 228 g/mol. The van der Waals surface area contributed by atoms with Crippen molar-refractivity contribution in [3.63, 3.8) is 0 Å². The Morgan fingerprint density at radius 1 is 1.25 bits per heavy atom. The predicted molar refractivity (Wildman–Crippen MR) is 58.8 cm³/mol. The molecule has 1 fully saturated rings. The van der Waals surface area contributed by atoms with E-state index in [9.17, 15) is 5.11 Å². The van der Waals surface area contributed by atoms with E-state index >= 15 is 0 Å². The molecule has 1 aliphatic carbocycles. The van der Waals surface area contributed by atoms with Crippen molar-refractivity contribution >= 4 is 0 Å². The molecule has 0 aromatic rings. The molecule has 1 saturated heterocycles. The minimum atomic E-state index is -0.344. The smallest absolute Gasteiger partial charge is 0.157 e. The molecule has 1 aliphatic heterocycles. The Kier molecular flexibility index (Phi) is 4.35. The molecular weight excluding hydrogens is 208 g/mol. The molecule has 0 aromatic heterocycles. The molecule has 2 N–H and O–H groups in total. The van der Waals surface area contributed by atoms with Gasteiger partial charge in [-0.15, -0.1) is 0 Å². The molecular formula is C12H20O4. The lowest BCUT2D eigenvalue weighted by Crippen LogP contribution is -2.33. The minimum Gasteiger partial charge on any atom is -0.396 e. The van der Waals surface area contributed by atoms with Gasteiger partial charge in [-0.1, -0.05) is 12.2 Å². The lowest BCUT2D eigenvalue weighted by atomic mass is 9.77. The van der Waals surface area contributed by atoms with Gasteiger partial charge in [-0.3, -0.25) is 0 Å². The topological polar surface area (TPSA) is 58.9 Å². The maximum Gasteiger partial charge on any atom is 0.157 e. The summed E-state index contributed by atoms with van der Waals surface area (Å²) in [5.74, 6) is 0.282. The predicted octanol–water partition coefficient (Wildman–Crippen LogP) is 0.685. The summed E-state index contributed by atoms with van der Waals surface area (Å²) in [6, 6.07) is 0. The van der Waals surface area contributed by atoms with Crippen LogP contribution < -0.4 is 0 Å². The van der Waals surface area contributed by atoms with Crippen molar-refractivity contribution in [2.45, 2.75) is 31.7 Å². The fourth-order valence-corrected chi connectivity index (χ4v) is 2.25. The van der Waals surface area contributed by atoms with Crippen LogP contribution in [0.25, 0.3) is 0 Å². The van der Waals surface area contributed by atoms with Crippen molar-refractivity contribution in [2.24, 2.45) is 11.8 Å². The van der Waals surface area contributed by atoms with Gasteiger partial charge < -0.3 is 19.7 Å².